The van der Waals surface area contributed by atoms with Gasteiger partial charge >= 0.3 is 0 Å². The molecule has 0 saturated carbocycles. The van der Waals surface area contributed by atoms with Crippen LogP contribution >= 0.6 is 11.6 Å². The van der Waals surface area contributed by atoms with E-state index in [4.69, 9.17) is 11.6 Å². The van der Waals surface area contributed by atoms with E-state index in [1.807, 2.05) is 43.3 Å². The van der Waals surface area contributed by atoms with E-state index in [9.17, 15) is 0 Å². The van der Waals surface area contributed by atoms with Crippen molar-refractivity contribution >= 4 is 17.3 Å². The molecule has 2 aromatic rings. The Morgan fingerprint density at radius 1 is 1.19 bits per heavy atom. The van der Waals surface area contributed by atoms with E-state index < -0.39 is 0 Å². The quantitative estimate of drug-likeness (QED) is 0.874. The lowest BCUT2D eigenvalue weighted by Gasteiger charge is -2.09. The molecule has 0 spiro atoms. The first-order chi connectivity index (χ1) is 7.77. The molecular formula is C13H13ClN2. The molecule has 0 fully saturated rings. The molecule has 0 bridgehead atoms. The predicted molar refractivity (Wildman–Crippen MR) is 67.8 cm³/mol. The number of hydrogen-bond acceptors (Lipinski definition) is 2. The summed E-state index contributed by atoms with van der Waals surface area (Å²) in [4.78, 5) is 4.25. The fourth-order valence-corrected chi connectivity index (χ4v) is 1.66. The van der Waals surface area contributed by atoms with E-state index in [1.165, 1.54) is 0 Å². The van der Waals surface area contributed by atoms with Crippen molar-refractivity contribution in [3.05, 3.63) is 58.9 Å². The second-order valence-electron chi connectivity index (χ2n) is 3.59. The lowest BCUT2D eigenvalue weighted by atomic mass is 10.2. The average molecular weight is 233 g/mol. The summed E-state index contributed by atoms with van der Waals surface area (Å²) in [6.07, 6.45) is 1.79. The zero-order valence-corrected chi connectivity index (χ0v) is 9.83. The monoisotopic (exact) mass is 232 g/mol. The van der Waals surface area contributed by atoms with E-state index in [0.717, 1.165) is 22.0 Å². The van der Waals surface area contributed by atoms with E-state index in [0.29, 0.717) is 6.54 Å². The van der Waals surface area contributed by atoms with Gasteiger partial charge in [0, 0.05) is 16.9 Å². The van der Waals surface area contributed by atoms with Gasteiger partial charge in [0.15, 0.2) is 0 Å². The topological polar surface area (TPSA) is 24.9 Å². The third kappa shape index (κ3) is 2.52. The molecule has 1 heterocycles. The number of benzene rings is 1. The summed E-state index contributed by atoms with van der Waals surface area (Å²) in [6, 6.07) is 11.7. The number of pyridine rings is 1. The van der Waals surface area contributed by atoms with Crippen LogP contribution in [0.25, 0.3) is 0 Å². The first kappa shape index (κ1) is 11.0. The van der Waals surface area contributed by atoms with Gasteiger partial charge in [-0.1, -0.05) is 23.7 Å². The highest BCUT2D eigenvalue weighted by atomic mass is 35.5. The third-order valence-corrected chi connectivity index (χ3v) is 2.86. The van der Waals surface area contributed by atoms with Crippen LogP contribution in [-0.2, 0) is 6.54 Å². The van der Waals surface area contributed by atoms with Gasteiger partial charge in [0.05, 0.1) is 12.2 Å². The van der Waals surface area contributed by atoms with Crippen LogP contribution in [-0.4, -0.2) is 4.98 Å². The molecule has 0 aliphatic heterocycles. The van der Waals surface area contributed by atoms with Crippen molar-refractivity contribution in [3.63, 3.8) is 0 Å². The number of hydrogen-bond donors (Lipinski definition) is 1. The molecule has 0 aliphatic carbocycles. The van der Waals surface area contributed by atoms with Crippen LogP contribution in [0.1, 0.15) is 11.3 Å². The first-order valence-electron chi connectivity index (χ1n) is 5.16. The van der Waals surface area contributed by atoms with Crippen molar-refractivity contribution in [2.45, 2.75) is 13.5 Å². The SMILES string of the molecule is Cc1c(Cl)cccc1NCc1ccccn1. The Bertz CT molecular complexity index is 469. The number of rotatable bonds is 3. The van der Waals surface area contributed by atoms with Gasteiger partial charge in [0.25, 0.3) is 0 Å². The molecule has 82 valence electrons. The molecule has 1 N–H and O–H groups in total. The number of anilines is 1. The minimum Gasteiger partial charge on any atom is -0.379 e. The van der Waals surface area contributed by atoms with Crippen LogP contribution in [0.15, 0.2) is 42.6 Å². The van der Waals surface area contributed by atoms with Gasteiger partial charge in [-0.3, -0.25) is 4.98 Å². The van der Waals surface area contributed by atoms with Gasteiger partial charge in [-0.05, 0) is 36.8 Å². The highest BCUT2D eigenvalue weighted by molar-refractivity contribution is 6.31. The van der Waals surface area contributed by atoms with Gasteiger partial charge in [-0.15, -0.1) is 0 Å². The number of nitrogens with zero attached hydrogens (tertiary/aromatic N) is 1. The largest absolute Gasteiger partial charge is 0.379 e. The standard InChI is InChI=1S/C13H13ClN2/c1-10-12(14)6-4-7-13(10)16-9-11-5-2-3-8-15-11/h2-8,16H,9H2,1H3. The number of halogens is 1. The van der Waals surface area contributed by atoms with Gasteiger partial charge in [0.2, 0.25) is 0 Å². The molecule has 3 heteroatoms. The van der Waals surface area contributed by atoms with Gasteiger partial charge in [-0.25, -0.2) is 0 Å². The maximum atomic E-state index is 6.04. The van der Waals surface area contributed by atoms with Crippen molar-refractivity contribution in [2.75, 3.05) is 5.32 Å². The van der Waals surface area contributed by atoms with E-state index in [1.54, 1.807) is 6.20 Å². The van der Waals surface area contributed by atoms with Gasteiger partial charge in [0.1, 0.15) is 0 Å². The van der Waals surface area contributed by atoms with Crippen LogP contribution in [0.5, 0.6) is 0 Å². The highest BCUT2D eigenvalue weighted by Gasteiger charge is 2.01. The molecular weight excluding hydrogens is 220 g/mol. The fourth-order valence-electron chi connectivity index (χ4n) is 1.49. The molecule has 2 nitrogen and oxygen atoms in total. The van der Waals surface area contributed by atoms with E-state index >= 15 is 0 Å². The van der Waals surface area contributed by atoms with Crippen molar-refractivity contribution in [3.8, 4) is 0 Å². The predicted octanol–water partition coefficient (Wildman–Crippen LogP) is 3.66. The van der Waals surface area contributed by atoms with Crippen molar-refractivity contribution in [1.82, 2.24) is 4.98 Å². The Balaban J connectivity index is 2.08. The highest BCUT2D eigenvalue weighted by Crippen LogP contribution is 2.23. The zero-order chi connectivity index (χ0) is 11.4. The Labute approximate surface area is 100 Å². The molecule has 0 saturated heterocycles. The van der Waals surface area contributed by atoms with Crippen molar-refractivity contribution in [2.24, 2.45) is 0 Å². The minimum absolute atomic E-state index is 0.710. The molecule has 2 rings (SSSR count). The van der Waals surface area contributed by atoms with Crippen LogP contribution in [0.4, 0.5) is 5.69 Å². The average Bonchev–Trinajstić information content (AvgIpc) is 2.32. The summed E-state index contributed by atoms with van der Waals surface area (Å²) in [5.41, 5.74) is 3.14. The molecule has 0 aliphatic rings. The maximum absolute atomic E-state index is 6.04. The molecule has 16 heavy (non-hydrogen) atoms. The molecule has 1 aromatic carbocycles. The van der Waals surface area contributed by atoms with Gasteiger partial charge in [-0.2, -0.15) is 0 Å². The molecule has 0 radical (unpaired) electrons. The molecule has 0 unspecified atom stereocenters. The first-order valence-corrected chi connectivity index (χ1v) is 5.54. The summed E-state index contributed by atoms with van der Waals surface area (Å²) >= 11 is 6.04. The van der Waals surface area contributed by atoms with Crippen molar-refractivity contribution < 1.29 is 0 Å². The Morgan fingerprint density at radius 2 is 2.06 bits per heavy atom. The summed E-state index contributed by atoms with van der Waals surface area (Å²) < 4.78 is 0. The van der Waals surface area contributed by atoms with E-state index in [-0.39, 0.29) is 0 Å². The second kappa shape index (κ2) is 4.99. The lowest BCUT2D eigenvalue weighted by molar-refractivity contribution is 1.04. The van der Waals surface area contributed by atoms with Gasteiger partial charge < -0.3 is 5.32 Å². The Kier molecular flexibility index (Phi) is 3.42. The molecule has 1 aromatic heterocycles. The Hall–Kier alpha value is -1.54. The number of nitrogens with one attached hydrogen (secondary N) is 1. The van der Waals surface area contributed by atoms with E-state index in [2.05, 4.69) is 10.3 Å². The second-order valence-corrected chi connectivity index (χ2v) is 3.99. The lowest BCUT2D eigenvalue weighted by Crippen LogP contribution is -2.02. The third-order valence-electron chi connectivity index (χ3n) is 2.45. The Morgan fingerprint density at radius 3 is 2.81 bits per heavy atom. The summed E-state index contributed by atoms with van der Waals surface area (Å²) in [7, 11) is 0. The van der Waals surface area contributed by atoms with Crippen LogP contribution < -0.4 is 5.32 Å². The number of aromatic nitrogens is 1. The molecule has 0 atom stereocenters. The zero-order valence-electron chi connectivity index (χ0n) is 9.07. The normalized spacial score (nSPS) is 10.1. The van der Waals surface area contributed by atoms with Crippen LogP contribution in [0, 0.1) is 6.92 Å². The summed E-state index contributed by atoms with van der Waals surface area (Å²) in [6.45, 7) is 2.71. The summed E-state index contributed by atoms with van der Waals surface area (Å²) in [5.74, 6) is 0. The van der Waals surface area contributed by atoms with Crippen LogP contribution in [0.3, 0.4) is 0 Å². The maximum Gasteiger partial charge on any atom is 0.0594 e. The summed E-state index contributed by atoms with van der Waals surface area (Å²) in [5, 5.41) is 4.11. The fraction of sp³-hybridized carbons (Fsp3) is 0.154. The van der Waals surface area contributed by atoms with Crippen molar-refractivity contribution in [1.29, 1.82) is 0 Å². The smallest absolute Gasteiger partial charge is 0.0594 e. The minimum atomic E-state index is 0.710. The molecule has 0 amide bonds. The van der Waals surface area contributed by atoms with Crippen LogP contribution in [0.2, 0.25) is 5.02 Å².